The van der Waals surface area contributed by atoms with Crippen LogP contribution in [0.3, 0.4) is 0 Å². The van der Waals surface area contributed by atoms with Gasteiger partial charge in [-0.05, 0) is 42.8 Å². The second-order valence-electron chi connectivity index (χ2n) is 3.21. The molecule has 0 aliphatic rings. The fraction of sp³-hybridized carbons (Fsp3) is 0.0833. The summed E-state index contributed by atoms with van der Waals surface area (Å²) in [4.78, 5) is 9.97. The second kappa shape index (κ2) is 5.96. The van der Waals surface area contributed by atoms with Crippen LogP contribution in [-0.2, 0) is 0 Å². The van der Waals surface area contributed by atoms with Gasteiger partial charge in [0.25, 0.3) is 0 Å². The number of aromatic carboxylic acids is 1. The van der Waals surface area contributed by atoms with E-state index >= 15 is 0 Å². The van der Waals surface area contributed by atoms with E-state index in [0.29, 0.717) is 10.8 Å². The Hall–Kier alpha value is -1.94. The molecule has 0 bridgehead atoms. The van der Waals surface area contributed by atoms with Crippen LogP contribution in [0.25, 0.3) is 0 Å². The predicted octanol–water partition coefficient (Wildman–Crippen LogP) is 3.33. The van der Waals surface area contributed by atoms with Crippen molar-refractivity contribution in [1.29, 1.82) is 0 Å². The van der Waals surface area contributed by atoms with Gasteiger partial charge in [-0.15, -0.1) is 0 Å². The van der Waals surface area contributed by atoms with Gasteiger partial charge in [0.1, 0.15) is 5.75 Å². The van der Waals surface area contributed by atoms with Crippen molar-refractivity contribution in [1.82, 2.24) is 0 Å². The van der Waals surface area contributed by atoms with Crippen LogP contribution in [0.5, 0.6) is 5.75 Å². The lowest BCUT2D eigenvalue weighted by Gasteiger charge is -1.95. The number of phenolic OH excluding ortho intramolecular Hbond substituents is 1. The van der Waals surface area contributed by atoms with Gasteiger partial charge in [-0.25, -0.2) is 4.79 Å². The van der Waals surface area contributed by atoms with Gasteiger partial charge in [-0.2, -0.15) is 0 Å². The van der Waals surface area contributed by atoms with Crippen molar-refractivity contribution in [3.63, 3.8) is 0 Å². The molecule has 17 heavy (non-hydrogen) atoms. The molecule has 4 nitrogen and oxygen atoms in total. The zero-order valence-electron chi connectivity index (χ0n) is 9.05. The number of hydrogen-bond acceptors (Lipinski definition) is 3. The molecule has 2 N–H and O–H groups in total. The van der Waals surface area contributed by atoms with Crippen LogP contribution in [0.4, 0.5) is 0 Å². The van der Waals surface area contributed by atoms with Crippen LogP contribution in [0.1, 0.15) is 16.1 Å². The topological polar surface area (TPSA) is 70.7 Å². The summed E-state index contributed by atoms with van der Waals surface area (Å²) in [5.74, 6) is -0.764. The Morgan fingerprint density at radius 2 is 2.06 bits per heavy atom. The number of carbonyl (C=O) groups is 1. The highest BCUT2D eigenvalue weighted by atomic mass is 35.5. The molecule has 0 fully saturated rings. The zero-order chi connectivity index (χ0) is 12.8. The Kier molecular flexibility index (Phi) is 4.60. The second-order valence-corrected chi connectivity index (χ2v) is 3.65. The molecule has 0 amide bonds. The summed E-state index contributed by atoms with van der Waals surface area (Å²) in [5.41, 5.74) is 0.808. The normalized spacial score (nSPS) is 9.29. The Bertz CT molecular complexity index is 491. The van der Waals surface area contributed by atoms with Crippen molar-refractivity contribution in [2.75, 3.05) is 0 Å². The molecule has 90 valence electrons. The number of phenols is 1. The summed E-state index contributed by atoms with van der Waals surface area (Å²) in [5, 5.41) is 17.8. The summed E-state index contributed by atoms with van der Waals surface area (Å²) >= 11 is 5.61. The Labute approximate surface area is 103 Å². The van der Waals surface area contributed by atoms with Gasteiger partial charge in [-0.1, -0.05) is 11.6 Å². The van der Waals surface area contributed by atoms with E-state index in [9.17, 15) is 4.79 Å². The van der Waals surface area contributed by atoms with E-state index in [1.54, 1.807) is 25.1 Å². The SMILES string of the molecule is Cc1cc(Cl)ccc1O.O=C(O)c1ccco1. The molecule has 1 heterocycles. The van der Waals surface area contributed by atoms with E-state index in [1.165, 1.54) is 18.4 Å². The molecule has 0 saturated carbocycles. The van der Waals surface area contributed by atoms with Gasteiger partial charge >= 0.3 is 5.97 Å². The maximum absolute atomic E-state index is 9.97. The van der Waals surface area contributed by atoms with Gasteiger partial charge in [0.05, 0.1) is 6.26 Å². The minimum absolute atomic E-state index is 0.0231. The van der Waals surface area contributed by atoms with Crippen molar-refractivity contribution < 1.29 is 19.4 Å². The van der Waals surface area contributed by atoms with Crippen LogP contribution >= 0.6 is 11.6 Å². The largest absolute Gasteiger partial charge is 0.508 e. The number of aryl methyl sites for hydroxylation is 1. The third-order valence-electron chi connectivity index (χ3n) is 1.89. The van der Waals surface area contributed by atoms with Crippen LogP contribution in [0.15, 0.2) is 41.0 Å². The van der Waals surface area contributed by atoms with Crippen LogP contribution in [-0.4, -0.2) is 16.2 Å². The third-order valence-corrected chi connectivity index (χ3v) is 2.13. The summed E-state index contributed by atoms with van der Waals surface area (Å²) in [6, 6.07) is 7.88. The molecule has 0 aliphatic carbocycles. The summed E-state index contributed by atoms with van der Waals surface area (Å²) in [6.45, 7) is 1.81. The van der Waals surface area contributed by atoms with Gasteiger partial charge in [0.2, 0.25) is 5.76 Å². The number of benzene rings is 1. The highest BCUT2D eigenvalue weighted by molar-refractivity contribution is 6.30. The first kappa shape index (κ1) is 13.1. The van der Waals surface area contributed by atoms with Crippen LogP contribution in [0, 0.1) is 6.92 Å². The van der Waals surface area contributed by atoms with E-state index < -0.39 is 5.97 Å². The van der Waals surface area contributed by atoms with Crippen molar-refractivity contribution >= 4 is 17.6 Å². The molecular formula is C12H11ClO4. The van der Waals surface area contributed by atoms with Crippen molar-refractivity contribution in [3.8, 4) is 5.75 Å². The third kappa shape index (κ3) is 4.20. The van der Waals surface area contributed by atoms with E-state index in [4.69, 9.17) is 21.8 Å². The first-order chi connectivity index (χ1) is 8.00. The fourth-order valence-corrected chi connectivity index (χ4v) is 1.25. The standard InChI is InChI=1S/C7H7ClO.C5H4O3/c1-5-4-6(8)2-3-7(5)9;6-5(7)4-2-1-3-8-4/h2-4,9H,1H3;1-3H,(H,6,7). The molecule has 0 atom stereocenters. The maximum Gasteiger partial charge on any atom is 0.371 e. The quantitative estimate of drug-likeness (QED) is 0.819. The predicted molar refractivity (Wildman–Crippen MR) is 63.5 cm³/mol. The lowest BCUT2D eigenvalue weighted by molar-refractivity contribution is 0.0662. The molecule has 2 rings (SSSR count). The number of rotatable bonds is 1. The lowest BCUT2D eigenvalue weighted by Crippen LogP contribution is -1.90. The van der Waals surface area contributed by atoms with Crippen molar-refractivity contribution in [2.45, 2.75) is 6.92 Å². The lowest BCUT2D eigenvalue weighted by atomic mass is 10.2. The molecule has 2 aromatic rings. The highest BCUT2D eigenvalue weighted by Gasteiger charge is 2.01. The molecule has 0 aliphatic heterocycles. The van der Waals surface area contributed by atoms with E-state index in [1.807, 2.05) is 0 Å². The average Bonchev–Trinajstić information content (AvgIpc) is 2.78. The molecule has 5 heteroatoms. The number of furan rings is 1. The molecule has 1 aromatic carbocycles. The molecule has 1 aromatic heterocycles. The average molecular weight is 255 g/mol. The number of hydrogen-bond donors (Lipinski definition) is 2. The number of aromatic hydroxyl groups is 1. The molecule has 0 unspecified atom stereocenters. The van der Waals surface area contributed by atoms with Crippen LogP contribution in [0.2, 0.25) is 5.02 Å². The van der Waals surface area contributed by atoms with Gasteiger partial charge in [0.15, 0.2) is 0 Å². The molecule has 0 spiro atoms. The maximum atomic E-state index is 9.97. The van der Waals surface area contributed by atoms with E-state index in [-0.39, 0.29) is 5.76 Å². The molecule has 0 saturated heterocycles. The zero-order valence-corrected chi connectivity index (χ0v) is 9.81. The van der Waals surface area contributed by atoms with E-state index in [2.05, 4.69) is 4.42 Å². The summed E-state index contributed by atoms with van der Waals surface area (Å²) in [6.07, 6.45) is 1.32. The highest BCUT2D eigenvalue weighted by Crippen LogP contribution is 2.19. The first-order valence-corrected chi connectivity index (χ1v) is 5.10. The smallest absolute Gasteiger partial charge is 0.371 e. The Morgan fingerprint density at radius 1 is 1.35 bits per heavy atom. The monoisotopic (exact) mass is 254 g/mol. The van der Waals surface area contributed by atoms with Crippen molar-refractivity contribution in [3.05, 3.63) is 52.9 Å². The number of carboxylic acids is 1. The van der Waals surface area contributed by atoms with Gasteiger partial charge in [0, 0.05) is 5.02 Å². The number of halogens is 1. The van der Waals surface area contributed by atoms with Crippen LogP contribution < -0.4 is 0 Å². The summed E-state index contributed by atoms with van der Waals surface area (Å²) < 4.78 is 4.50. The van der Waals surface area contributed by atoms with Crippen molar-refractivity contribution in [2.24, 2.45) is 0 Å². The molecular weight excluding hydrogens is 244 g/mol. The fourth-order valence-electron chi connectivity index (χ4n) is 1.02. The Balaban J connectivity index is 0.000000171. The first-order valence-electron chi connectivity index (χ1n) is 4.72. The minimum atomic E-state index is -1.03. The number of carboxylic acid groups (broad SMARTS) is 1. The van der Waals surface area contributed by atoms with Gasteiger partial charge in [-0.3, -0.25) is 0 Å². The van der Waals surface area contributed by atoms with E-state index in [0.717, 1.165) is 5.56 Å². The molecule has 0 radical (unpaired) electrons. The van der Waals surface area contributed by atoms with Gasteiger partial charge < -0.3 is 14.6 Å². The Morgan fingerprint density at radius 3 is 2.41 bits per heavy atom. The summed E-state index contributed by atoms with van der Waals surface area (Å²) in [7, 11) is 0. The minimum Gasteiger partial charge on any atom is -0.508 e.